The normalized spacial score (nSPS) is 12.2. The first kappa shape index (κ1) is 12.7. The molecule has 3 nitrogen and oxygen atoms in total. The Morgan fingerprint density at radius 1 is 1.44 bits per heavy atom. The van der Waals surface area contributed by atoms with Gasteiger partial charge in [-0.1, -0.05) is 32.0 Å². The Balaban J connectivity index is 2.62. The van der Waals surface area contributed by atoms with Crippen LogP contribution in [0.15, 0.2) is 24.3 Å². The number of rotatable bonds is 5. The standard InChI is InChI=1S/C13H20N2O/c1-3-11-6-4-5-7-12(11)15-13(16)8-10(2)9-14/h4-7,10H,3,8-9,14H2,1-2H3,(H,15,16). The lowest BCUT2D eigenvalue weighted by Gasteiger charge is -2.11. The molecule has 0 saturated heterocycles. The molecule has 0 heterocycles. The lowest BCUT2D eigenvalue weighted by Crippen LogP contribution is -2.20. The Hall–Kier alpha value is -1.35. The van der Waals surface area contributed by atoms with Crippen LogP contribution < -0.4 is 11.1 Å². The number of para-hydroxylation sites is 1. The molecule has 0 aliphatic heterocycles. The summed E-state index contributed by atoms with van der Waals surface area (Å²) in [5.74, 6) is 0.271. The van der Waals surface area contributed by atoms with Gasteiger partial charge in [0.2, 0.25) is 5.91 Å². The van der Waals surface area contributed by atoms with Crippen LogP contribution in [0.1, 0.15) is 25.8 Å². The van der Waals surface area contributed by atoms with E-state index >= 15 is 0 Å². The molecule has 1 aromatic rings. The zero-order chi connectivity index (χ0) is 12.0. The third kappa shape index (κ3) is 3.66. The Kier molecular flexibility index (Phi) is 4.99. The summed E-state index contributed by atoms with van der Waals surface area (Å²) in [5, 5.41) is 2.93. The van der Waals surface area contributed by atoms with Crippen molar-refractivity contribution in [1.82, 2.24) is 0 Å². The van der Waals surface area contributed by atoms with Gasteiger partial charge in [0.05, 0.1) is 0 Å². The molecule has 3 N–H and O–H groups in total. The van der Waals surface area contributed by atoms with E-state index in [1.54, 1.807) is 0 Å². The maximum Gasteiger partial charge on any atom is 0.224 e. The van der Waals surface area contributed by atoms with Crippen LogP contribution in [0.5, 0.6) is 0 Å². The first-order chi connectivity index (χ1) is 7.67. The van der Waals surface area contributed by atoms with Crippen molar-refractivity contribution in [3.63, 3.8) is 0 Å². The SMILES string of the molecule is CCc1ccccc1NC(=O)CC(C)CN. The van der Waals surface area contributed by atoms with Gasteiger partial charge in [-0.2, -0.15) is 0 Å². The summed E-state index contributed by atoms with van der Waals surface area (Å²) in [7, 11) is 0. The molecule has 88 valence electrons. The minimum absolute atomic E-state index is 0.0406. The maximum absolute atomic E-state index is 11.7. The van der Waals surface area contributed by atoms with E-state index in [-0.39, 0.29) is 11.8 Å². The van der Waals surface area contributed by atoms with Crippen molar-refractivity contribution >= 4 is 11.6 Å². The Morgan fingerprint density at radius 3 is 2.75 bits per heavy atom. The molecule has 0 radical (unpaired) electrons. The van der Waals surface area contributed by atoms with Crippen LogP contribution in [0.3, 0.4) is 0 Å². The van der Waals surface area contributed by atoms with Gasteiger partial charge in [-0.25, -0.2) is 0 Å². The van der Waals surface area contributed by atoms with Gasteiger partial charge in [0.15, 0.2) is 0 Å². The van der Waals surface area contributed by atoms with Crippen LogP contribution in [0, 0.1) is 5.92 Å². The molecule has 0 aliphatic rings. The number of hydrogen-bond donors (Lipinski definition) is 2. The number of benzene rings is 1. The second kappa shape index (κ2) is 6.28. The Morgan fingerprint density at radius 2 is 2.12 bits per heavy atom. The predicted molar refractivity (Wildman–Crippen MR) is 67.3 cm³/mol. The quantitative estimate of drug-likeness (QED) is 0.799. The minimum atomic E-state index is 0.0406. The van der Waals surface area contributed by atoms with E-state index in [1.165, 1.54) is 0 Å². The van der Waals surface area contributed by atoms with E-state index in [2.05, 4.69) is 12.2 Å². The highest BCUT2D eigenvalue weighted by atomic mass is 16.1. The molecular formula is C13H20N2O. The molecule has 1 atom stereocenters. The van der Waals surface area contributed by atoms with Crippen molar-refractivity contribution in [2.24, 2.45) is 11.7 Å². The summed E-state index contributed by atoms with van der Waals surface area (Å²) in [5.41, 5.74) is 7.57. The third-order valence-electron chi connectivity index (χ3n) is 2.61. The molecule has 0 saturated carbocycles. The highest BCUT2D eigenvalue weighted by Gasteiger charge is 2.09. The fourth-order valence-electron chi connectivity index (χ4n) is 1.55. The molecule has 0 spiro atoms. The summed E-state index contributed by atoms with van der Waals surface area (Å²) in [4.78, 5) is 11.7. The van der Waals surface area contributed by atoms with Gasteiger partial charge in [0.25, 0.3) is 0 Å². The number of nitrogens with two attached hydrogens (primary N) is 1. The number of aryl methyl sites for hydroxylation is 1. The van der Waals surface area contributed by atoms with E-state index in [0.717, 1.165) is 17.7 Å². The maximum atomic E-state index is 11.7. The lowest BCUT2D eigenvalue weighted by molar-refractivity contribution is -0.116. The number of amides is 1. The van der Waals surface area contributed by atoms with E-state index in [0.29, 0.717) is 13.0 Å². The fourth-order valence-corrected chi connectivity index (χ4v) is 1.55. The minimum Gasteiger partial charge on any atom is -0.330 e. The van der Waals surface area contributed by atoms with Crippen LogP contribution in [-0.2, 0) is 11.2 Å². The number of nitrogens with one attached hydrogen (secondary N) is 1. The second-order valence-electron chi connectivity index (χ2n) is 4.10. The largest absolute Gasteiger partial charge is 0.330 e. The molecule has 0 aromatic heterocycles. The van der Waals surface area contributed by atoms with Crippen molar-refractivity contribution in [3.05, 3.63) is 29.8 Å². The van der Waals surface area contributed by atoms with Gasteiger partial charge in [-0.15, -0.1) is 0 Å². The molecule has 0 fully saturated rings. The summed E-state index contributed by atoms with van der Waals surface area (Å²) >= 11 is 0. The first-order valence-electron chi connectivity index (χ1n) is 5.75. The third-order valence-corrected chi connectivity index (χ3v) is 2.61. The summed E-state index contributed by atoms with van der Waals surface area (Å²) < 4.78 is 0. The monoisotopic (exact) mass is 220 g/mol. The highest BCUT2D eigenvalue weighted by molar-refractivity contribution is 5.91. The number of carbonyl (C=O) groups excluding carboxylic acids is 1. The van der Waals surface area contributed by atoms with Gasteiger partial charge in [0.1, 0.15) is 0 Å². The zero-order valence-corrected chi connectivity index (χ0v) is 9.99. The smallest absolute Gasteiger partial charge is 0.224 e. The van der Waals surface area contributed by atoms with Crippen molar-refractivity contribution in [1.29, 1.82) is 0 Å². The Labute approximate surface area is 97.0 Å². The number of carbonyl (C=O) groups is 1. The summed E-state index contributed by atoms with van der Waals surface area (Å²) in [6, 6.07) is 7.88. The first-order valence-corrected chi connectivity index (χ1v) is 5.75. The van der Waals surface area contributed by atoms with Crippen LogP contribution in [0.25, 0.3) is 0 Å². The Bertz CT molecular complexity index is 350. The predicted octanol–water partition coefficient (Wildman–Crippen LogP) is 2.17. The number of anilines is 1. The van der Waals surface area contributed by atoms with Crippen molar-refractivity contribution in [3.8, 4) is 0 Å². The second-order valence-corrected chi connectivity index (χ2v) is 4.10. The average Bonchev–Trinajstić information content (AvgIpc) is 2.29. The van der Waals surface area contributed by atoms with E-state index in [4.69, 9.17) is 5.73 Å². The van der Waals surface area contributed by atoms with Gasteiger partial charge >= 0.3 is 0 Å². The van der Waals surface area contributed by atoms with Crippen LogP contribution in [0.2, 0.25) is 0 Å². The fraction of sp³-hybridized carbons (Fsp3) is 0.462. The van der Waals surface area contributed by atoms with E-state index in [1.807, 2.05) is 31.2 Å². The molecular weight excluding hydrogens is 200 g/mol. The molecule has 3 heteroatoms. The molecule has 1 unspecified atom stereocenters. The van der Waals surface area contributed by atoms with Gasteiger partial charge in [-0.05, 0) is 30.5 Å². The van der Waals surface area contributed by atoms with Crippen LogP contribution >= 0.6 is 0 Å². The van der Waals surface area contributed by atoms with Crippen LogP contribution in [0.4, 0.5) is 5.69 Å². The van der Waals surface area contributed by atoms with Gasteiger partial charge in [0, 0.05) is 12.1 Å². The summed E-state index contributed by atoms with van der Waals surface area (Å²) in [6.07, 6.45) is 1.40. The van der Waals surface area contributed by atoms with Crippen molar-refractivity contribution < 1.29 is 4.79 Å². The lowest BCUT2D eigenvalue weighted by atomic mass is 10.1. The van der Waals surface area contributed by atoms with Crippen molar-refractivity contribution in [2.75, 3.05) is 11.9 Å². The molecule has 0 aliphatic carbocycles. The van der Waals surface area contributed by atoms with Gasteiger partial charge in [-0.3, -0.25) is 4.79 Å². The van der Waals surface area contributed by atoms with Crippen molar-refractivity contribution in [2.45, 2.75) is 26.7 Å². The zero-order valence-electron chi connectivity index (χ0n) is 9.99. The molecule has 1 amide bonds. The van der Waals surface area contributed by atoms with E-state index < -0.39 is 0 Å². The highest BCUT2D eigenvalue weighted by Crippen LogP contribution is 2.16. The summed E-state index contributed by atoms with van der Waals surface area (Å²) in [6.45, 7) is 4.60. The van der Waals surface area contributed by atoms with E-state index in [9.17, 15) is 4.79 Å². The molecule has 0 bridgehead atoms. The van der Waals surface area contributed by atoms with Crippen LogP contribution in [-0.4, -0.2) is 12.5 Å². The number of hydrogen-bond acceptors (Lipinski definition) is 2. The molecule has 1 aromatic carbocycles. The molecule has 1 rings (SSSR count). The topological polar surface area (TPSA) is 55.1 Å². The molecule has 16 heavy (non-hydrogen) atoms. The average molecular weight is 220 g/mol. The van der Waals surface area contributed by atoms with Gasteiger partial charge < -0.3 is 11.1 Å².